The van der Waals surface area contributed by atoms with Crippen molar-refractivity contribution >= 4 is 27.5 Å². The Labute approximate surface area is 110 Å². The topological polar surface area (TPSA) is 38.3 Å². The van der Waals surface area contributed by atoms with Gasteiger partial charge in [-0.05, 0) is 46.8 Å². The van der Waals surface area contributed by atoms with Crippen molar-refractivity contribution in [3.05, 3.63) is 28.7 Å². The average Bonchev–Trinajstić information content (AvgIpc) is 2.33. The van der Waals surface area contributed by atoms with Crippen molar-refractivity contribution in [1.29, 1.82) is 0 Å². The summed E-state index contributed by atoms with van der Waals surface area (Å²) in [5.74, 6) is 0.429. The summed E-state index contributed by atoms with van der Waals surface area (Å²) in [6, 6.07) is 7.64. The second-order valence-electron chi connectivity index (χ2n) is 4.32. The zero-order valence-electron chi connectivity index (χ0n) is 9.62. The van der Waals surface area contributed by atoms with E-state index in [1.807, 2.05) is 24.3 Å². The van der Waals surface area contributed by atoms with Crippen molar-refractivity contribution < 1.29 is 9.53 Å². The van der Waals surface area contributed by atoms with Gasteiger partial charge in [0.25, 0.3) is 0 Å². The maximum Gasteiger partial charge on any atom is 0.224 e. The molecule has 0 aromatic heterocycles. The minimum Gasteiger partial charge on any atom is -0.381 e. The Morgan fingerprint density at radius 1 is 1.47 bits per heavy atom. The summed E-state index contributed by atoms with van der Waals surface area (Å²) in [5.41, 5.74) is 0.828. The first-order valence-corrected chi connectivity index (χ1v) is 6.67. The number of carbonyl (C=O) groups is 1. The molecule has 1 N–H and O–H groups in total. The molecule has 1 aromatic carbocycles. The van der Waals surface area contributed by atoms with Crippen molar-refractivity contribution in [1.82, 2.24) is 0 Å². The van der Waals surface area contributed by atoms with Gasteiger partial charge < -0.3 is 10.1 Å². The average molecular weight is 298 g/mol. The van der Waals surface area contributed by atoms with Crippen LogP contribution in [0.15, 0.2) is 28.7 Å². The van der Waals surface area contributed by atoms with Crippen molar-refractivity contribution in [2.24, 2.45) is 5.92 Å². The van der Waals surface area contributed by atoms with E-state index in [4.69, 9.17) is 4.74 Å². The van der Waals surface area contributed by atoms with E-state index in [1.165, 1.54) is 0 Å². The minimum absolute atomic E-state index is 0.0624. The van der Waals surface area contributed by atoms with E-state index in [2.05, 4.69) is 21.2 Å². The van der Waals surface area contributed by atoms with Crippen molar-refractivity contribution in [3.63, 3.8) is 0 Å². The SMILES string of the molecule is O=C(CC1CCCOC1)Nc1ccccc1Br. The van der Waals surface area contributed by atoms with Gasteiger partial charge >= 0.3 is 0 Å². The quantitative estimate of drug-likeness (QED) is 0.930. The van der Waals surface area contributed by atoms with Crippen LogP contribution in [0.5, 0.6) is 0 Å². The highest BCUT2D eigenvalue weighted by Gasteiger charge is 2.17. The molecule has 1 unspecified atom stereocenters. The van der Waals surface area contributed by atoms with Gasteiger partial charge in [-0.1, -0.05) is 12.1 Å². The molecule has 0 saturated carbocycles. The van der Waals surface area contributed by atoms with Gasteiger partial charge in [0, 0.05) is 24.1 Å². The van der Waals surface area contributed by atoms with Crippen LogP contribution in [0.25, 0.3) is 0 Å². The Morgan fingerprint density at radius 2 is 2.29 bits per heavy atom. The first kappa shape index (κ1) is 12.6. The second kappa shape index (κ2) is 6.17. The number of ether oxygens (including phenoxy) is 1. The van der Waals surface area contributed by atoms with Gasteiger partial charge in [-0.15, -0.1) is 0 Å². The minimum atomic E-state index is 0.0624. The molecule has 1 fully saturated rings. The van der Waals surface area contributed by atoms with Crippen molar-refractivity contribution in [2.75, 3.05) is 18.5 Å². The summed E-state index contributed by atoms with van der Waals surface area (Å²) in [6.07, 6.45) is 2.69. The first-order chi connectivity index (χ1) is 8.25. The third-order valence-electron chi connectivity index (χ3n) is 2.88. The van der Waals surface area contributed by atoms with Gasteiger partial charge in [0.05, 0.1) is 5.69 Å². The summed E-state index contributed by atoms with van der Waals surface area (Å²) in [5, 5.41) is 2.92. The van der Waals surface area contributed by atoms with Crippen LogP contribution in [0.3, 0.4) is 0 Å². The highest BCUT2D eigenvalue weighted by Crippen LogP contribution is 2.23. The van der Waals surface area contributed by atoms with Gasteiger partial charge in [0.1, 0.15) is 0 Å². The van der Waals surface area contributed by atoms with Gasteiger partial charge in [0.2, 0.25) is 5.91 Å². The predicted octanol–water partition coefficient (Wildman–Crippen LogP) is 3.20. The number of halogens is 1. The van der Waals surface area contributed by atoms with Crippen LogP contribution in [-0.2, 0) is 9.53 Å². The van der Waals surface area contributed by atoms with E-state index in [9.17, 15) is 4.79 Å². The number of hydrogen-bond donors (Lipinski definition) is 1. The van der Waals surface area contributed by atoms with Crippen LogP contribution in [0, 0.1) is 5.92 Å². The number of hydrogen-bond acceptors (Lipinski definition) is 2. The maximum atomic E-state index is 11.8. The summed E-state index contributed by atoms with van der Waals surface area (Å²) in [4.78, 5) is 11.8. The van der Waals surface area contributed by atoms with Crippen LogP contribution in [-0.4, -0.2) is 19.1 Å². The number of nitrogens with one attached hydrogen (secondary N) is 1. The molecule has 1 atom stereocenters. The van der Waals surface area contributed by atoms with E-state index in [0.717, 1.165) is 29.6 Å². The molecular weight excluding hydrogens is 282 g/mol. The summed E-state index contributed by atoms with van der Waals surface area (Å²) in [7, 11) is 0. The van der Waals surface area contributed by atoms with Crippen LogP contribution in [0.1, 0.15) is 19.3 Å². The molecule has 3 nitrogen and oxygen atoms in total. The molecule has 2 rings (SSSR count). The number of benzene rings is 1. The number of amides is 1. The monoisotopic (exact) mass is 297 g/mol. The van der Waals surface area contributed by atoms with Crippen LogP contribution in [0.4, 0.5) is 5.69 Å². The summed E-state index contributed by atoms with van der Waals surface area (Å²) >= 11 is 3.41. The molecular formula is C13H16BrNO2. The Hall–Kier alpha value is -0.870. The smallest absolute Gasteiger partial charge is 0.224 e. The highest BCUT2D eigenvalue weighted by atomic mass is 79.9. The summed E-state index contributed by atoms with van der Waals surface area (Å²) < 4.78 is 6.28. The molecule has 17 heavy (non-hydrogen) atoms. The predicted molar refractivity (Wildman–Crippen MR) is 70.9 cm³/mol. The Balaban J connectivity index is 1.86. The molecule has 4 heteroatoms. The third-order valence-corrected chi connectivity index (χ3v) is 3.57. The molecule has 0 radical (unpaired) electrons. The van der Waals surface area contributed by atoms with Gasteiger partial charge in [-0.2, -0.15) is 0 Å². The number of para-hydroxylation sites is 1. The molecule has 0 spiro atoms. The lowest BCUT2D eigenvalue weighted by Crippen LogP contribution is -2.23. The highest BCUT2D eigenvalue weighted by molar-refractivity contribution is 9.10. The van der Waals surface area contributed by atoms with Crippen molar-refractivity contribution in [2.45, 2.75) is 19.3 Å². The number of rotatable bonds is 3. The largest absolute Gasteiger partial charge is 0.381 e. The molecule has 1 heterocycles. The van der Waals surface area contributed by atoms with E-state index < -0.39 is 0 Å². The number of anilines is 1. The van der Waals surface area contributed by atoms with Crippen LogP contribution < -0.4 is 5.32 Å². The van der Waals surface area contributed by atoms with Crippen LogP contribution >= 0.6 is 15.9 Å². The Bertz CT molecular complexity index is 389. The molecule has 1 aromatic rings. The first-order valence-electron chi connectivity index (χ1n) is 5.88. The lowest BCUT2D eigenvalue weighted by molar-refractivity contribution is -0.118. The molecule has 0 aliphatic carbocycles. The molecule has 1 amide bonds. The second-order valence-corrected chi connectivity index (χ2v) is 5.17. The number of carbonyl (C=O) groups excluding carboxylic acids is 1. The summed E-state index contributed by atoms with van der Waals surface area (Å²) in [6.45, 7) is 1.55. The fourth-order valence-electron chi connectivity index (χ4n) is 1.99. The Kier molecular flexibility index (Phi) is 4.57. The normalized spacial score (nSPS) is 19.9. The third kappa shape index (κ3) is 3.82. The zero-order valence-corrected chi connectivity index (χ0v) is 11.2. The van der Waals surface area contributed by atoms with E-state index in [1.54, 1.807) is 0 Å². The van der Waals surface area contributed by atoms with Crippen LogP contribution in [0.2, 0.25) is 0 Å². The van der Waals surface area contributed by atoms with Crippen molar-refractivity contribution in [3.8, 4) is 0 Å². The van der Waals surface area contributed by atoms with E-state index in [0.29, 0.717) is 18.9 Å². The fraction of sp³-hybridized carbons (Fsp3) is 0.462. The van der Waals surface area contributed by atoms with E-state index in [-0.39, 0.29) is 5.91 Å². The molecule has 1 aliphatic heterocycles. The van der Waals surface area contributed by atoms with Gasteiger partial charge in [-0.3, -0.25) is 4.79 Å². The van der Waals surface area contributed by atoms with E-state index >= 15 is 0 Å². The zero-order chi connectivity index (χ0) is 12.1. The lowest BCUT2D eigenvalue weighted by atomic mass is 9.98. The molecule has 1 saturated heterocycles. The maximum absolute atomic E-state index is 11.8. The lowest BCUT2D eigenvalue weighted by Gasteiger charge is -2.21. The molecule has 92 valence electrons. The molecule has 0 bridgehead atoms. The fourth-order valence-corrected chi connectivity index (χ4v) is 2.38. The van der Waals surface area contributed by atoms with Gasteiger partial charge in [0.15, 0.2) is 0 Å². The molecule has 1 aliphatic rings. The standard InChI is InChI=1S/C13H16BrNO2/c14-11-5-1-2-6-12(11)15-13(16)8-10-4-3-7-17-9-10/h1-2,5-6,10H,3-4,7-9H2,(H,15,16). The van der Waals surface area contributed by atoms with Gasteiger partial charge in [-0.25, -0.2) is 0 Å². The Morgan fingerprint density at radius 3 is 3.00 bits per heavy atom.